The van der Waals surface area contributed by atoms with Crippen LogP contribution in [-0.4, -0.2) is 20.9 Å². The van der Waals surface area contributed by atoms with Gasteiger partial charge in [-0.1, -0.05) is 96.8 Å². The van der Waals surface area contributed by atoms with Crippen LogP contribution in [0.25, 0.3) is 0 Å². The minimum atomic E-state index is -1.58. The fourth-order valence-electron chi connectivity index (χ4n) is 2.93. The number of halogens is 2. The van der Waals surface area contributed by atoms with Gasteiger partial charge in [-0.15, -0.1) is 0 Å². The number of rotatable bonds is 19. The number of unbranched alkanes of at least 4 members (excludes halogenated alkanes) is 14. The number of nitrogens with zero attached hydrogens (tertiary/aromatic N) is 1. The van der Waals surface area contributed by atoms with E-state index < -0.39 is 8.28 Å². The Kier molecular flexibility index (Phi) is 17.8. The van der Waals surface area contributed by atoms with Gasteiger partial charge in [0.15, 0.2) is 6.61 Å². The first-order valence-electron chi connectivity index (χ1n) is 10.6. The minimum Gasteiger partial charge on any atom is -0.456 e. The Morgan fingerprint density at radius 2 is 1.19 bits per heavy atom. The van der Waals surface area contributed by atoms with E-state index in [1.165, 1.54) is 77.0 Å². The van der Waals surface area contributed by atoms with Gasteiger partial charge in [0.25, 0.3) is 0 Å². The summed E-state index contributed by atoms with van der Waals surface area (Å²) in [6.07, 6.45) is 19.5. The molecule has 0 aliphatic rings. The Morgan fingerprint density at radius 3 is 1.56 bits per heavy atom. The van der Waals surface area contributed by atoms with E-state index in [2.05, 4.69) is 38.8 Å². The number of esters is 1. The average molecular weight is 515 g/mol. The molecule has 0 N–H and O–H groups in total. The largest absolute Gasteiger partial charge is 0.456 e. The van der Waals surface area contributed by atoms with Crippen LogP contribution in [0.1, 0.15) is 110 Å². The molecule has 0 aromatic heterocycles. The number of ether oxygens (including phenoxy) is 1. The molecule has 0 spiro atoms. The molecule has 27 heavy (non-hydrogen) atoms. The molecule has 0 aromatic rings. The van der Waals surface area contributed by atoms with Crippen LogP contribution in [0, 0.1) is 10.1 Å². The van der Waals surface area contributed by atoms with Crippen molar-refractivity contribution in [3.05, 3.63) is 10.1 Å². The van der Waals surface area contributed by atoms with Gasteiger partial charge in [-0.2, -0.15) is 0 Å². The van der Waals surface area contributed by atoms with Crippen LogP contribution in [0.4, 0.5) is 0 Å². The summed E-state index contributed by atoms with van der Waals surface area (Å²) in [5, 5.41) is 10.7. The molecule has 0 aliphatic carbocycles. The summed E-state index contributed by atoms with van der Waals surface area (Å²) in [5.74, 6) is -0.380. The molecule has 0 aromatic carbocycles. The third kappa shape index (κ3) is 17.6. The van der Waals surface area contributed by atoms with Gasteiger partial charge in [0, 0.05) is 38.3 Å². The highest BCUT2D eigenvalue weighted by Gasteiger charge is 2.37. The Hall–Kier alpha value is -0.170. The van der Waals surface area contributed by atoms with Gasteiger partial charge in [0.1, 0.15) is 0 Å². The molecule has 0 saturated heterocycles. The van der Waals surface area contributed by atoms with Crippen molar-refractivity contribution >= 4 is 37.8 Å². The van der Waals surface area contributed by atoms with E-state index in [1.807, 2.05) is 0 Å². The predicted molar refractivity (Wildman–Crippen MR) is 118 cm³/mol. The van der Waals surface area contributed by atoms with Crippen LogP contribution in [0.2, 0.25) is 0 Å². The summed E-state index contributed by atoms with van der Waals surface area (Å²) in [6, 6.07) is 0. The smallest absolute Gasteiger partial charge is 0.360 e. The highest BCUT2D eigenvalue weighted by atomic mass is 79.9. The fourth-order valence-corrected chi connectivity index (χ4v) is 3.16. The molecule has 0 radical (unpaired) electrons. The van der Waals surface area contributed by atoms with Gasteiger partial charge in [0.2, 0.25) is 0 Å². The summed E-state index contributed by atoms with van der Waals surface area (Å²) in [7, 11) is 0. The van der Waals surface area contributed by atoms with Crippen molar-refractivity contribution in [2.24, 2.45) is 0 Å². The molecule has 7 heteroatoms. The van der Waals surface area contributed by atoms with Crippen LogP contribution in [0.15, 0.2) is 0 Å². The van der Waals surface area contributed by atoms with Crippen LogP contribution < -0.4 is 0 Å². The molecule has 0 bridgehead atoms. The van der Waals surface area contributed by atoms with E-state index in [0.717, 1.165) is 19.3 Å². The molecule has 0 atom stereocenters. The van der Waals surface area contributed by atoms with Gasteiger partial charge in [-0.3, -0.25) is 14.9 Å². The van der Waals surface area contributed by atoms with E-state index in [0.29, 0.717) is 6.42 Å². The van der Waals surface area contributed by atoms with E-state index in [1.54, 1.807) is 0 Å². The molecule has 0 amide bonds. The minimum absolute atomic E-state index is 0.322. The Bertz CT molecular complexity index is 392. The summed E-state index contributed by atoms with van der Waals surface area (Å²) in [5.41, 5.74) is 0. The van der Waals surface area contributed by atoms with Gasteiger partial charge in [-0.25, -0.2) is 0 Å². The van der Waals surface area contributed by atoms with Crippen LogP contribution in [-0.2, 0) is 9.53 Å². The van der Waals surface area contributed by atoms with Crippen molar-refractivity contribution in [2.45, 2.75) is 113 Å². The predicted octanol–water partition coefficient (Wildman–Crippen LogP) is 7.51. The zero-order valence-corrected chi connectivity index (χ0v) is 20.0. The van der Waals surface area contributed by atoms with Crippen molar-refractivity contribution in [3.63, 3.8) is 0 Å². The van der Waals surface area contributed by atoms with Crippen molar-refractivity contribution < 1.29 is 14.5 Å². The molecule has 0 fully saturated rings. The van der Waals surface area contributed by atoms with Crippen molar-refractivity contribution in [2.75, 3.05) is 6.61 Å². The van der Waals surface area contributed by atoms with Gasteiger partial charge in [-0.05, 0) is 6.42 Å². The number of carbonyl (C=O) groups excluding carboxylic acids is 1. The molecule has 160 valence electrons. The Balaban J connectivity index is 3.29. The lowest BCUT2D eigenvalue weighted by molar-refractivity contribution is -0.507. The second-order valence-corrected chi connectivity index (χ2v) is 11.0. The maximum atomic E-state index is 11.6. The molecule has 0 rings (SSSR count). The van der Waals surface area contributed by atoms with Crippen molar-refractivity contribution in [1.29, 1.82) is 0 Å². The van der Waals surface area contributed by atoms with E-state index >= 15 is 0 Å². The number of carbonyl (C=O) groups is 1. The van der Waals surface area contributed by atoms with Crippen LogP contribution in [0.3, 0.4) is 0 Å². The van der Waals surface area contributed by atoms with Gasteiger partial charge >= 0.3 is 9.33 Å². The normalized spacial score (nSPS) is 11.5. The van der Waals surface area contributed by atoms with E-state index in [4.69, 9.17) is 4.74 Å². The third-order valence-electron chi connectivity index (χ3n) is 4.66. The second-order valence-electron chi connectivity index (χ2n) is 7.28. The summed E-state index contributed by atoms with van der Waals surface area (Å²) >= 11 is 5.73. The molecular formula is C20H37Br2NO4. The molecule has 0 unspecified atom stereocenters. The highest BCUT2D eigenvalue weighted by molar-refractivity contribution is 9.25. The number of hydrogen-bond donors (Lipinski definition) is 0. The molecule has 0 heterocycles. The van der Waals surface area contributed by atoms with E-state index in [-0.39, 0.29) is 12.6 Å². The summed E-state index contributed by atoms with van der Waals surface area (Å²) < 4.78 is 3.33. The highest BCUT2D eigenvalue weighted by Crippen LogP contribution is 2.27. The SMILES string of the molecule is CCCCCCCCCCCCCCCCCC(=O)OCC(Br)(Br)[N+](=O)[O-]. The van der Waals surface area contributed by atoms with Crippen LogP contribution >= 0.6 is 31.9 Å². The summed E-state index contributed by atoms with van der Waals surface area (Å²) in [6.45, 7) is 1.94. The topological polar surface area (TPSA) is 69.4 Å². The molecule has 0 aliphatic heterocycles. The quantitative estimate of drug-likeness (QED) is 0.0446. The fraction of sp³-hybridized carbons (Fsp3) is 0.950. The molecule has 0 saturated carbocycles. The number of alkyl halides is 2. The zero-order valence-electron chi connectivity index (χ0n) is 16.9. The lowest BCUT2D eigenvalue weighted by atomic mass is 10.0. The zero-order chi connectivity index (χ0) is 20.4. The Labute approximate surface area is 181 Å². The van der Waals surface area contributed by atoms with Crippen LogP contribution in [0.5, 0.6) is 0 Å². The van der Waals surface area contributed by atoms with E-state index in [9.17, 15) is 14.9 Å². The maximum absolute atomic E-state index is 11.6. The van der Waals surface area contributed by atoms with Gasteiger partial charge < -0.3 is 4.74 Å². The molecule has 5 nitrogen and oxygen atoms in total. The molecular weight excluding hydrogens is 478 g/mol. The first-order valence-corrected chi connectivity index (χ1v) is 12.2. The maximum Gasteiger partial charge on any atom is 0.360 e. The second kappa shape index (κ2) is 17.9. The first-order chi connectivity index (χ1) is 12.9. The Morgan fingerprint density at radius 1 is 0.815 bits per heavy atom. The van der Waals surface area contributed by atoms with Crippen molar-refractivity contribution in [3.8, 4) is 0 Å². The third-order valence-corrected chi connectivity index (χ3v) is 5.70. The number of hydrogen-bond acceptors (Lipinski definition) is 4. The lowest BCUT2D eigenvalue weighted by Crippen LogP contribution is -2.30. The monoisotopic (exact) mass is 513 g/mol. The standard InChI is InChI=1S/C20H37Br2NO4/c1-2-3-4-5-6-7-8-9-10-11-12-13-14-15-16-17-19(24)27-18-20(21,22)23(25)26/h2-18H2,1H3. The summed E-state index contributed by atoms with van der Waals surface area (Å²) in [4.78, 5) is 21.6. The van der Waals surface area contributed by atoms with Crippen molar-refractivity contribution in [1.82, 2.24) is 0 Å². The lowest BCUT2D eigenvalue weighted by Gasteiger charge is -2.11. The first kappa shape index (κ1) is 26.8. The average Bonchev–Trinajstić information content (AvgIpc) is 2.63. The number of nitro groups is 1. The van der Waals surface area contributed by atoms with Gasteiger partial charge in [0.05, 0.1) is 4.92 Å².